The van der Waals surface area contributed by atoms with E-state index in [1.807, 2.05) is 0 Å². The minimum absolute atomic E-state index is 0.609. The third-order valence-corrected chi connectivity index (χ3v) is 2.14. The zero-order valence-corrected chi connectivity index (χ0v) is 8.94. The summed E-state index contributed by atoms with van der Waals surface area (Å²) in [6.07, 6.45) is 0. The molecule has 0 N–H and O–H groups in total. The van der Waals surface area contributed by atoms with E-state index in [0.29, 0.717) is 5.75 Å². The number of nitrogens with zero attached hydrogens (tertiary/aromatic N) is 1. The SMILES string of the molecule is C=C(CS)OCCN(CC)CC. The fraction of sp³-hybridized carbons (Fsp3) is 0.778. The highest BCUT2D eigenvalue weighted by Crippen LogP contribution is 1.96. The molecule has 0 saturated carbocycles. The van der Waals surface area contributed by atoms with E-state index in [1.54, 1.807) is 0 Å². The molecular formula is C9H19NOS. The lowest BCUT2D eigenvalue weighted by Gasteiger charge is -2.18. The lowest BCUT2D eigenvalue weighted by Crippen LogP contribution is -2.26. The van der Waals surface area contributed by atoms with Crippen LogP contribution in [-0.2, 0) is 4.74 Å². The Kier molecular flexibility index (Phi) is 7.40. The Morgan fingerprint density at radius 2 is 2.00 bits per heavy atom. The van der Waals surface area contributed by atoms with Crippen molar-refractivity contribution in [3.05, 3.63) is 12.3 Å². The maximum atomic E-state index is 5.31. The van der Waals surface area contributed by atoms with Crippen LogP contribution in [-0.4, -0.2) is 36.9 Å². The van der Waals surface area contributed by atoms with Gasteiger partial charge in [-0.15, -0.1) is 0 Å². The first-order valence-electron chi connectivity index (χ1n) is 4.38. The standard InChI is InChI=1S/C9H19NOS/c1-4-10(5-2)6-7-11-9(3)8-12/h12H,3-8H2,1-2H3. The predicted molar refractivity (Wildman–Crippen MR) is 56.7 cm³/mol. The summed E-state index contributed by atoms with van der Waals surface area (Å²) in [6, 6.07) is 0. The Morgan fingerprint density at radius 3 is 2.42 bits per heavy atom. The van der Waals surface area contributed by atoms with Crippen molar-refractivity contribution in [2.45, 2.75) is 13.8 Å². The number of hydrogen-bond donors (Lipinski definition) is 1. The molecule has 0 aliphatic carbocycles. The van der Waals surface area contributed by atoms with E-state index in [9.17, 15) is 0 Å². The van der Waals surface area contributed by atoms with Gasteiger partial charge in [0.1, 0.15) is 6.61 Å². The zero-order valence-electron chi connectivity index (χ0n) is 8.05. The van der Waals surface area contributed by atoms with Gasteiger partial charge in [-0.2, -0.15) is 12.6 Å². The van der Waals surface area contributed by atoms with Crippen molar-refractivity contribution in [3.63, 3.8) is 0 Å². The molecule has 0 aliphatic rings. The average Bonchev–Trinajstić information content (AvgIpc) is 2.12. The highest BCUT2D eigenvalue weighted by atomic mass is 32.1. The highest BCUT2D eigenvalue weighted by Gasteiger charge is 1.98. The molecule has 0 radical (unpaired) electrons. The molecule has 2 nitrogen and oxygen atoms in total. The smallest absolute Gasteiger partial charge is 0.100 e. The maximum absolute atomic E-state index is 5.31. The third kappa shape index (κ3) is 5.49. The predicted octanol–water partition coefficient (Wildman–Crippen LogP) is 1.79. The first-order chi connectivity index (χ1) is 5.74. The Hall–Kier alpha value is -0.150. The average molecular weight is 189 g/mol. The quantitative estimate of drug-likeness (QED) is 0.484. The lowest BCUT2D eigenvalue weighted by molar-refractivity contribution is 0.167. The fourth-order valence-corrected chi connectivity index (χ4v) is 0.996. The summed E-state index contributed by atoms with van der Waals surface area (Å²) in [5, 5.41) is 0. The van der Waals surface area contributed by atoms with Crippen molar-refractivity contribution in [2.75, 3.05) is 32.0 Å². The van der Waals surface area contributed by atoms with Gasteiger partial charge < -0.3 is 9.64 Å². The van der Waals surface area contributed by atoms with Crippen LogP contribution in [0.25, 0.3) is 0 Å². The van der Waals surface area contributed by atoms with Gasteiger partial charge in [0.15, 0.2) is 0 Å². The summed E-state index contributed by atoms with van der Waals surface area (Å²) in [5.74, 6) is 1.36. The summed E-state index contributed by atoms with van der Waals surface area (Å²) in [4.78, 5) is 2.31. The van der Waals surface area contributed by atoms with E-state index in [-0.39, 0.29) is 0 Å². The number of rotatable bonds is 7. The Labute approximate surface area is 81.0 Å². The van der Waals surface area contributed by atoms with E-state index in [0.717, 1.165) is 32.0 Å². The minimum Gasteiger partial charge on any atom is -0.496 e. The van der Waals surface area contributed by atoms with Crippen molar-refractivity contribution < 1.29 is 4.74 Å². The van der Waals surface area contributed by atoms with Crippen molar-refractivity contribution in [1.82, 2.24) is 4.90 Å². The third-order valence-electron chi connectivity index (χ3n) is 1.78. The summed E-state index contributed by atoms with van der Waals surface area (Å²) < 4.78 is 5.31. The topological polar surface area (TPSA) is 12.5 Å². The molecule has 72 valence electrons. The largest absolute Gasteiger partial charge is 0.496 e. The first-order valence-corrected chi connectivity index (χ1v) is 5.01. The molecule has 0 saturated heterocycles. The van der Waals surface area contributed by atoms with Crippen LogP contribution in [0.3, 0.4) is 0 Å². The first kappa shape index (κ1) is 11.8. The van der Waals surface area contributed by atoms with Crippen LogP contribution in [0.2, 0.25) is 0 Å². The number of ether oxygens (including phenoxy) is 1. The molecule has 0 aliphatic heterocycles. The molecule has 12 heavy (non-hydrogen) atoms. The molecule has 0 amide bonds. The van der Waals surface area contributed by atoms with E-state index in [4.69, 9.17) is 4.74 Å². The summed E-state index contributed by atoms with van der Waals surface area (Å²) in [6.45, 7) is 11.9. The number of thiol groups is 1. The van der Waals surface area contributed by atoms with Gasteiger partial charge in [0.25, 0.3) is 0 Å². The van der Waals surface area contributed by atoms with Gasteiger partial charge in [0.05, 0.1) is 5.76 Å². The van der Waals surface area contributed by atoms with Gasteiger partial charge in [-0.25, -0.2) is 0 Å². The van der Waals surface area contributed by atoms with Crippen molar-refractivity contribution >= 4 is 12.6 Å². The number of hydrogen-bond acceptors (Lipinski definition) is 3. The molecule has 0 fully saturated rings. The van der Waals surface area contributed by atoms with Gasteiger partial charge >= 0.3 is 0 Å². The molecule has 0 aromatic heterocycles. The normalized spacial score (nSPS) is 10.3. The van der Waals surface area contributed by atoms with Gasteiger partial charge in [0, 0.05) is 12.3 Å². The van der Waals surface area contributed by atoms with Gasteiger partial charge in [-0.05, 0) is 13.1 Å². The summed E-state index contributed by atoms with van der Waals surface area (Å²) in [5.41, 5.74) is 0. The van der Waals surface area contributed by atoms with Gasteiger partial charge in [-0.3, -0.25) is 0 Å². The zero-order chi connectivity index (χ0) is 9.40. The Balaban J connectivity index is 3.34. The van der Waals surface area contributed by atoms with Crippen molar-refractivity contribution in [2.24, 2.45) is 0 Å². The molecule has 0 unspecified atom stereocenters. The van der Waals surface area contributed by atoms with Crippen LogP contribution < -0.4 is 0 Å². The molecular weight excluding hydrogens is 170 g/mol. The van der Waals surface area contributed by atoms with Crippen LogP contribution in [0.1, 0.15) is 13.8 Å². The maximum Gasteiger partial charge on any atom is 0.100 e. The lowest BCUT2D eigenvalue weighted by atomic mass is 10.5. The Morgan fingerprint density at radius 1 is 1.42 bits per heavy atom. The molecule has 0 aromatic rings. The molecule has 0 aromatic carbocycles. The number of likely N-dealkylation sites (N-methyl/N-ethyl adjacent to an activating group) is 1. The molecule has 0 atom stereocenters. The van der Waals surface area contributed by atoms with E-state index in [1.165, 1.54) is 0 Å². The fourth-order valence-electron chi connectivity index (χ4n) is 0.905. The van der Waals surface area contributed by atoms with Crippen LogP contribution in [0.4, 0.5) is 0 Å². The van der Waals surface area contributed by atoms with E-state index >= 15 is 0 Å². The minimum atomic E-state index is 0.609. The van der Waals surface area contributed by atoms with Crippen LogP contribution in [0.5, 0.6) is 0 Å². The molecule has 0 bridgehead atoms. The second-order valence-electron chi connectivity index (χ2n) is 2.57. The molecule has 0 heterocycles. The van der Waals surface area contributed by atoms with Crippen LogP contribution in [0.15, 0.2) is 12.3 Å². The summed E-state index contributed by atoms with van der Waals surface area (Å²) in [7, 11) is 0. The van der Waals surface area contributed by atoms with Crippen LogP contribution >= 0.6 is 12.6 Å². The van der Waals surface area contributed by atoms with E-state index < -0.39 is 0 Å². The highest BCUT2D eigenvalue weighted by molar-refractivity contribution is 7.80. The Bertz CT molecular complexity index is 124. The molecule has 0 spiro atoms. The second-order valence-corrected chi connectivity index (χ2v) is 2.89. The summed E-state index contributed by atoms with van der Waals surface area (Å²) >= 11 is 4.05. The van der Waals surface area contributed by atoms with Gasteiger partial charge in [-0.1, -0.05) is 20.4 Å². The molecule has 3 heteroatoms. The second kappa shape index (κ2) is 7.50. The van der Waals surface area contributed by atoms with Crippen molar-refractivity contribution in [1.29, 1.82) is 0 Å². The van der Waals surface area contributed by atoms with Crippen LogP contribution in [0, 0.1) is 0 Å². The molecule has 0 rings (SSSR count). The van der Waals surface area contributed by atoms with Crippen molar-refractivity contribution in [3.8, 4) is 0 Å². The van der Waals surface area contributed by atoms with E-state index in [2.05, 4.69) is 38.0 Å². The van der Waals surface area contributed by atoms with Gasteiger partial charge in [0.2, 0.25) is 0 Å². The monoisotopic (exact) mass is 189 g/mol.